The maximum atomic E-state index is 8.79. The Hall–Kier alpha value is -0.780. The zero-order chi connectivity index (χ0) is 8.27. The fourth-order valence-electron chi connectivity index (χ4n) is 0.825. The van der Waals surface area contributed by atoms with Gasteiger partial charge in [-0.1, -0.05) is 21.9 Å². The lowest BCUT2D eigenvalue weighted by molar-refractivity contribution is 0.281. The van der Waals surface area contributed by atoms with E-state index >= 15 is 0 Å². The van der Waals surface area contributed by atoms with Gasteiger partial charge in [0.15, 0.2) is 0 Å². The first-order valence-corrected chi connectivity index (χ1v) is 3.92. The van der Waals surface area contributed by atoms with Gasteiger partial charge in [-0.3, -0.25) is 0 Å². The van der Waals surface area contributed by atoms with Gasteiger partial charge in [0, 0.05) is 10.0 Å². The third-order valence-electron chi connectivity index (χ3n) is 1.31. The van der Waals surface area contributed by atoms with Crippen LogP contribution in [0.15, 0.2) is 22.7 Å². The van der Waals surface area contributed by atoms with Crippen molar-refractivity contribution in [3.63, 3.8) is 0 Å². The minimum Gasteiger partial charge on any atom is -0.392 e. The number of terminal acetylenes is 1. The lowest BCUT2D eigenvalue weighted by atomic mass is 10.1. The molecule has 0 amide bonds. The molecule has 2 heteroatoms. The topological polar surface area (TPSA) is 20.2 Å². The molecule has 0 aliphatic carbocycles. The van der Waals surface area contributed by atoms with Crippen LogP contribution in [0.5, 0.6) is 0 Å². The summed E-state index contributed by atoms with van der Waals surface area (Å²) < 4.78 is 0.900. The summed E-state index contributed by atoms with van der Waals surface area (Å²) in [4.78, 5) is 0. The Balaban J connectivity index is 3.15. The van der Waals surface area contributed by atoms with Gasteiger partial charge >= 0.3 is 0 Å². The Morgan fingerprint density at radius 2 is 2.18 bits per heavy atom. The Bertz CT molecular complexity index is 299. The van der Waals surface area contributed by atoms with Crippen molar-refractivity contribution in [2.75, 3.05) is 0 Å². The highest BCUT2D eigenvalue weighted by atomic mass is 79.9. The molecule has 1 N–H and O–H groups in total. The molecule has 0 atom stereocenters. The van der Waals surface area contributed by atoms with Gasteiger partial charge in [-0.25, -0.2) is 0 Å². The second kappa shape index (κ2) is 3.56. The van der Waals surface area contributed by atoms with Gasteiger partial charge in [-0.05, 0) is 23.8 Å². The molecule has 56 valence electrons. The molecule has 1 aromatic rings. The summed E-state index contributed by atoms with van der Waals surface area (Å²) in [6, 6.07) is 5.45. The molecule has 0 heterocycles. The van der Waals surface area contributed by atoms with Gasteiger partial charge in [0.25, 0.3) is 0 Å². The minimum atomic E-state index is 0.0219. The van der Waals surface area contributed by atoms with Crippen LogP contribution in [0.25, 0.3) is 0 Å². The van der Waals surface area contributed by atoms with Crippen LogP contribution < -0.4 is 0 Å². The molecule has 0 spiro atoms. The van der Waals surface area contributed by atoms with Gasteiger partial charge in [0.1, 0.15) is 0 Å². The van der Waals surface area contributed by atoms with E-state index in [0.29, 0.717) is 0 Å². The molecule has 0 aliphatic rings. The molecule has 11 heavy (non-hydrogen) atoms. The second-order valence-corrected chi connectivity index (χ2v) is 3.07. The normalized spacial score (nSPS) is 9.18. The van der Waals surface area contributed by atoms with Crippen LogP contribution in [-0.4, -0.2) is 5.11 Å². The van der Waals surface area contributed by atoms with Crippen molar-refractivity contribution in [2.45, 2.75) is 6.61 Å². The van der Waals surface area contributed by atoms with E-state index in [0.717, 1.165) is 15.6 Å². The summed E-state index contributed by atoms with van der Waals surface area (Å²) in [7, 11) is 0. The number of hydrogen-bond donors (Lipinski definition) is 1. The molecule has 1 aromatic carbocycles. The summed E-state index contributed by atoms with van der Waals surface area (Å²) in [6.45, 7) is 0.0219. The quantitative estimate of drug-likeness (QED) is 0.703. The highest BCUT2D eigenvalue weighted by Crippen LogP contribution is 2.14. The van der Waals surface area contributed by atoms with E-state index < -0.39 is 0 Å². The molecule has 0 saturated carbocycles. The SMILES string of the molecule is C#Cc1cc(Br)cc(CO)c1. The van der Waals surface area contributed by atoms with E-state index in [9.17, 15) is 0 Å². The third kappa shape index (κ3) is 2.07. The smallest absolute Gasteiger partial charge is 0.0682 e. The fraction of sp³-hybridized carbons (Fsp3) is 0.111. The second-order valence-electron chi connectivity index (χ2n) is 2.15. The molecule has 0 saturated heterocycles. The number of aliphatic hydroxyl groups is 1. The van der Waals surface area contributed by atoms with Crippen LogP contribution >= 0.6 is 15.9 Å². The molecule has 0 unspecified atom stereocenters. The van der Waals surface area contributed by atoms with Crippen molar-refractivity contribution in [3.05, 3.63) is 33.8 Å². The summed E-state index contributed by atoms with van der Waals surface area (Å²) in [6.07, 6.45) is 5.19. The summed E-state index contributed by atoms with van der Waals surface area (Å²) >= 11 is 3.29. The van der Waals surface area contributed by atoms with Gasteiger partial charge in [0.2, 0.25) is 0 Å². The maximum absolute atomic E-state index is 8.79. The van der Waals surface area contributed by atoms with Crippen molar-refractivity contribution in [1.29, 1.82) is 0 Å². The van der Waals surface area contributed by atoms with E-state index in [1.54, 1.807) is 6.07 Å². The number of aliphatic hydroxyl groups excluding tert-OH is 1. The molecule has 0 aliphatic heterocycles. The molecular formula is C9H7BrO. The Labute approximate surface area is 74.2 Å². The highest BCUT2D eigenvalue weighted by molar-refractivity contribution is 9.10. The predicted octanol–water partition coefficient (Wildman–Crippen LogP) is 1.92. The monoisotopic (exact) mass is 210 g/mol. The van der Waals surface area contributed by atoms with Gasteiger partial charge < -0.3 is 5.11 Å². The van der Waals surface area contributed by atoms with E-state index in [-0.39, 0.29) is 6.61 Å². The molecule has 0 fully saturated rings. The van der Waals surface area contributed by atoms with Crippen molar-refractivity contribution in [2.24, 2.45) is 0 Å². The van der Waals surface area contributed by atoms with Crippen molar-refractivity contribution in [1.82, 2.24) is 0 Å². The number of halogens is 1. The molecule has 1 nitrogen and oxygen atoms in total. The molecular weight excluding hydrogens is 204 g/mol. The summed E-state index contributed by atoms with van der Waals surface area (Å²) in [5.41, 5.74) is 1.61. The van der Waals surface area contributed by atoms with Crippen LogP contribution in [0, 0.1) is 12.3 Å². The van der Waals surface area contributed by atoms with Gasteiger partial charge in [0.05, 0.1) is 6.61 Å². The summed E-state index contributed by atoms with van der Waals surface area (Å²) in [5.74, 6) is 2.50. The highest BCUT2D eigenvalue weighted by Gasteiger charge is 1.95. The van der Waals surface area contributed by atoms with Crippen LogP contribution in [0.3, 0.4) is 0 Å². The van der Waals surface area contributed by atoms with Crippen molar-refractivity contribution < 1.29 is 5.11 Å². The van der Waals surface area contributed by atoms with Gasteiger partial charge in [-0.2, -0.15) is 0 Å². The lowest BCUT2D eigenvalue weighted by Gasteiger charge is -1.98. The number of benzene rings is 1. The average molecular weight is 211 g/mol. The Kier molecular flexibility index (Phi) is 2.70. The van der Waals surface area contributed by atoms with E-state index in [2.05, 4.69) is 21.9 Å². The predicted molar refractivity (Wildman–Crippen MR) is 48.0 cm³/mol. The van der Waals surface area contributed by atoms with Crippen LogP contribution in [0.4, 0.5) is 0 Å². The van der Waals surface area contributed by atoms with E-state index in [4.69, 9.17) is 11.5 Å². The zero-order valence-corrected chi connectivity index (χ0v) is 7.43. The Morgan fingerprint density at radius 1 is 1.45 bits per heavy atom. The van der Waals surface area contributed by atoms with Crippen LogP contribution in [0.1, 0.15) is 11.1 Å². The van der Waals surface area contributed by atoms with Crippen LogP contribution in [0.2, 0.25) is 0 Å². The largest absolute Gasteiger partial charge is 0.392 e. The lowest BCUT2D eigenvalue weighted by Crippen LogP contribution is -1.84. The zero-order valence-electron chi connectivity index (χ0n) is 5.84. The first-order chi connectivity index (χ1) is 5.26. The van der Waals surface area contributed by atoms with E-state index in [1.165, 1.54) is 0 Å². The maximum Gasteiger partial charge on any atom is 0.0682 e. The van der Waals surface area contributed by atoms with E-state index in [1.807, 2.05) is 12.1 Å². The van der Waals surface area contributed by atoms with Crippen molar-refractivity contribution in [3.8, 4) is 12.3 Å². The average Bonchev–Trinajstić information content (AvgIpc) is 2.03. The first-order valence-electron chi connectivity index (χ1n) is 3.13. The Morgan fingerprint density at radius 3 is 2.73 bits per heavy atom. The number of rotatable bonds is 1. The third-order valence-corrected chi connectivity index (χ3v) is 1.76. The van der Waals surface area contributed by atoms with Gasteiger partial charge in [-0.15, -0.1) is 6.42 Å². The molecule has 1 rings (SSSR count). The summed E-state index contributed by atoms with van der Waals surface area (Å²) in [5, 5.41) is 8.79. The van der Waals surface area contributed by atoms with Crippen LogP contribution in [-0.2, 0) is 6.61 Å². The first kappa shape index (κ1) is 8.32. The van der Waals surface area contributed by atoms with Crippen molar-refractivity contribution >= 4 is 15.9 Å². The molecule has 0 radical (unpaired) electrons. The fourth-order valence-corrected chi connectivity index (χ4v) is 1.37. The minimum absolute atomic E-state index is 0.0219. The molecule has 0 aromatic heterocycles. The standard InChI is InChI=1S/C9H7BrO/c1-2-7-3-8(6-11)5-9(10)4-7/h1,3-5,11H,6H2. The number of hydrogen-bond acceptors (Lipinski definition) is 1. The molecule has 0 bridgehead atoms.